The molecule has 0 aliphatic heterocycles. The van der Waals surface area contributed by atoms with Crippen LogP contribution in [0.1, 0.15) is 0 Å². The lowest BCUT2D eigenvalue weighted by Crippen LogP contribution is -2.24. The molecule has 1 heterocycles. The van der Waals surface area contributed by atoms with Gasteiger partial charge in [-0.2, -0.15) is 0 Å². The summed E-state index contributed by atoms with van der Waals surface area (Å²) in [5.41, 5.74) is 1.45. The van der Waals surface area contributed by atoms with Crippen molar-refractivity contribution in [2.24, 2.45) is 0 Å². The third kappa shape index (κ3) is 3.56. The van der Waals surface area contributed by atoms with Gasteiger partial charge in [0, 0.05) is 22.0 Å². The number of halogens is 2. The number of nitrogens with zero attached hydrogens (tertiary/aromatic N) is 3. The zero-order chi connectivity index (χ0) is 17.1. The van der Waals surface area contributed by atoms with Gasteiger partial charge in [0.25, 0.3) is 0 Å². The molecule has 0 spiro atoms. The fourth-order valence-corrected chi connectivity index (χ4v) is 3.30. The van der Waals surface area contributed by atoms with Crippen LogP contribution in [0.4, 0.5) is 0 Å². The molecule has 0 aliphatic carbocycles. The Morgan fingerprint density at radius 2 is 1.88 bits per heavy atom. The van der Waals surface area contributed by atoms with Crippen LogP contribution in [-0.2, 0) is 4.79 Å². The number of aromatic nitrogens is 3. The topological polar surface area (TPSA) is 70.8 Å². The van der Waals surface area contributed by atoms with Gasteiger partial charge in [0.15, 0.2) is 11.0 Å². The Kier molecular flexibility index (Phi) is 5.08. The van der Waals surface area contributed by atoms with Crippen LogP contribution in [0.5, 0.6) is 0 Å². The number of carboxylic acids is 1. The van der Waals surface area contributed by atoms with Gasteiger partial charge in [-0.25, -0.2) is 0 Å². The standard InChI is InChI=1S/C16H11Cl2N3O2S/c17-10-6-7-12(13(18)8-10)15-19-20-16(24-9-14(22)23)21(15)11-4-2-1-3-5-11/h1-8H,9H2,(H,22,23)/p-1. The van der Waals surface area contributed by atoms with Crippen molar-refractivity contribution in [3.05, 3.63) is 58.6 Å². The maximum absolute atomic E-state index is 10.8. The number of carboxylic acid groups (broad SMARTS) is 1. The summed E-state index contributed by atoms with van der Waals surface area (Å²) in [6, 6.07) is 14.5. The molecule has 0 N–H and O–H groups in total. The van der Waals surface area contributed by atoms with Crippen molar-refractivity contribution in [2.45, 2.75) is 5.16 Å². The molecule has 0 unspecified atom stereocenters. The van der Waals surface area contributed by atoms with E-state index in [2.05, 4.69) is 10.2 Å². The molecule has 3 rings (SSSR count). The van der Waals surface area contributed by atoms with Gasteiger partial charge in [-0.05, 0) is 30.3 Å². The van der Waals surface area contributed by atoms with E-state index in [0.29, 0.717) is 26.6 Å². The van der Waals surface area contributed by atoms with E-state index >= 15 is 0 Å². The largest absolute Gasteiger partial charge is 0.549 e. The molecule has 122 valence electrons. The zero-order valence-corrected chi connectivity index (χ0v) is 14.5. The van der Waals surface area contributed by atoms with Crippen LogP contribution in [0.15, 0.2) is 53.7 Å². The second kappa shape index (κ2) is 7.25. The summed E-state index contributed by atoms with van der Waals surface area (Å²) in [6.07, 6.45) is 0. The molecule has 0 bridgehead atoms. The number of para-hydroxylation sites is 1. The molecular formula is C16H10Cl2N3O2S-. The zero-order valence-electron chi connectivity index (χ0n) is 12.1. The first-order chi connectivity index (χ1) is 11.6. The molecule has 0 aliphatic rings. The van der Waals surface area contributed by atoms with E-state index in [1.54, 1.807) is 22.8 Å². The number of rotatable bonds is 5. The van der Waals surface area contributed by atoms with E-state index in [1.807, 2.05) is 30.3 Å². The highest BCUT2D eigenvalue weighted by Gasteiger charge is 2.18. The quantitative estimate of drug-likeness (QED) is 0.638. The SMILES string of the molecule is O=C([O-])CSc1nnc(-c2ccc(Cl)cc2Cl)n1-c1ccccc1. The molecule has 0 saturated heterocycles. The summed E-state index contributed by atoms with van der Waals surface area (Å²) in [4.78, 5) is 10.8. The van der Waals surface area contributed by atoms with Gasteiger partial charge in [-0.15, -0.1) is 10.2 Å². The molecule has 5 nitrogen and oxygen atoms in total. The van der Waals surface area contributed by atoms with Gasteiger partial charge in [0.05, 0.1) is 11.0 Å². The molecule has 8 heteroatoms. The average molecular weight is 379 g/mol. The first-order valence-corrected chi connectivity index (χ1v) is 8.59. The van der Waals surface area contributed by atoms with Crippen LogP contribution < -0.4 is 5.11 Å². The summed E-state index contributed by atoms with van der Waals surface area (Å²) in [5, 5.41) is 20.4. The van der Waals surface area contributed by atoms with Crippen LogP contribution in [0.25, 0.3) is 17.1 Å². The number of carbonyl (C=O) groups excluding carboxylic acids is 1. The minimum absolute atomic E-state index is 0.223. The Balaban J connectivity index is 2.14. The van der Waals surface area contributed by atoms with Crippen molar-refractivity contribution in [3.63, 3.8) is 0 Å². The predicted molar refractivity (Wildman–Crippen MR) is 92.5 cm³/mol. The van der Waals surface area contributed by atoms with Crippen molar-refractivity contribution in [1.29, 1.82) is 0 Å². The molecule has 3 aromatic rings. The van der Waals surface area contributed by atoms with E-state index in [1.165, 1.54) is 0 Å². The minimum Gasteiger partial charge on any atom is -0.549 e. The maximum atomic E-state index is 10.8. The maximum Gasteiger partial charge on any atom is 0.196 e. The molecule has 0 amide bonds. The lowest BCUT2D eigenvalue weighted by Gasteiger charge is -2.11. The van der Waals surface area contributed by atoms with Crippen LogP contribution in [0.3, 0.4) is 0 Å². The Bertz CT molecular complexity index is 884. The van der Waals surface area contributed by atoms with Gasteiger partial charge in [0.2, 0.25) is 0 Å². The Hall–Kier alpha value is -2.02. The Morgan fingerprint density at radius 3 is 2.54 bits per heavy atom. The highest BCUT2D eigenvalue weighted by molar-refractivity contribution is 7.99. The molecule has 0 saturated carbocycles. The second-order valence-corrected chi connectivity index (χ2v) is 6.55. The number of carbonyl (C=O) groups is 1. The van der Waals surface area contributed by atoms with Crippen LogP contribution in [-0.4, -0.2) is 26.5 Å². The number of hydrogen-bond acceptors (Lipinski definition) is 5. The van der Waals surface area contributed by atoms with E-state index in [0.717, 1.165) is 17.4 Å². The number of thioether (sulfide) groups is 1. The van der Waals surface area contributed by atoms with Gasteiger partial charge in [-0.3, -0.25) is 4.57 Å². The van der Waals surface area contributed by atoms with Crippen LogP contribution in [0.2, 0.25) is 10.0 Å². The summed E-state index contributed by atoms with van der Waals surface area (Å²) in [7, 11) is 0. The summed E-state index contributed by atoms with van der Waals surface area (Å²) < 4.78 is 1.75. The first kappa shape index (κ1) is 16.8. The Labute approximate surface area is 152 Å². The lowest BCUT2D eigenvalue weighted by molar-refractivity contribution is -0.301. The molecule has 0 atom stereocenters. The van der Waals surface area contributed by atoms with Crippen molar-refractivity contribution in [1.82, 2.24) is 14.8 Å². The van der Waals surface area contributed by atoms with E-state index in [9.17, 15) is 9.90 Å². The second-order valence-electron chi connectivity index (χ2n) is 4.76. The summed E-state index contributed by atoms with van der Waals surface area (Å²) in [5.74, 6) is -0.892. The molecule has 0 radical (unpaired) electrons. The lowest BCUT2D eigenvalue weighted by atomic mass is 10.2. The molecule has 1 aromatic heterocycles. The molecular weight excluding hydrogens is 369 g/mol. The highest BCUT2D eigenvalue weighted by atomic mass is 35.5. The molecule has 24 heavy (non-hydrogen) atoms. The fraction of sp³-hybridized carbons (Fsp3) is 0.0625. The van der Waals surface area contributed by atoms with E-state index < -0.39 is 5.97 Å². The Morgan fingerprint density at radius 1 is 1.12 bits per heavy atom. The van der Waals surface area contributed by atoms with Gasteiger partial charge >= 0.3 is 0 Å². The van der Waals surface area contributed by atoms with Crippen molar-refractivity contribution in [3.8, 4) is 17.1 Å². The third-order valence-electron chi connectivity index (χ3n) is 3.14. The van der Waals surface area contributed by atoms with Crippen molar-refractivity contribution in [2.75, 3.05) is 5.75 Å². The summed E-state index contributed by atoms with van der Waals surface area (Å²) in [6.45, 7) is 0. The third-order valence-corrected chi connectivity index (χ3v) is 4.59. The fourth-order valence-electron chi connectivity index (χ4n) is 2.14. The van der Waals surface area contributed by atoms with Gasteiger partial charge in [-0.1, -0.05) is 53.2 Å². The van der Waals surface area contributed by atoms with E-state index in [4.69, 9.17) is 23.2 Å². The van der Waals surface area contributed by atoms with Crippen molar-refractivity contribution >= 4 is 40.9 Å². The highest BCUT2D eigenvalue weighted by Crippen LogP contribution is 2.33. The average Bonchev–Trinajstić information content (AvgIpc) is 2.97. The first-order valence-electron chi connectivity index (χ1n) is 6.85. The van der Waals surface area contributed by atoms with Crippen molar-refractivity contribution < 1.29 is 9.90 Å². The van der Waals surface area contributed by atoms with Gasteiger partial charge < -0.3 is 9.90 Å². The molecule has 0 fully saturated rings. The minimum atomic E-state index is -1.17. The van der Waals surface area contributed by atoms with Crippen LogP contribution in [0, 0.1) is 0 Å². The smallest absolute Gasteiger partial charge is 0.196 e. The predicted octanol–water partition coefficient (Wildman–Crippen LogP) is 3.08. The molecule has 2 aromatic carbocycles. The number of benzene rings is 2. The van der Waals surface area contributed by atoms with Gasteiger partial charge in [0.1, 0.15) is 0 Å². The van der Waals surface area contributed by atoms with E-state index in [-0.39, 0.29) is 5.75 Å². The number of hydrogen-bond donors (Lipinski definition) is 0. The monoisotopic (exact) mass is 378 g/mol. The van der Waals surface area contributed by atoms with Crippen LogP contribution >= 0.6 is 35.0 Å². The summed E-state index contributed by atoms with van der Waals surface area (Å²) >= 11 is 13.3. The normalized spacial score (nSPS) is 10.8. The number of aliphatic carboxylic acids is 1.